The molecular formula is C10H13N. The second-order valence-corrected chi connectivity index (χ2v) is 3.42. The van der Waals surface area contributed by atoms with Gasteiger partial charge in [0.05, 0.1) is 0 Å². The molecule has 1 aromatic rings. The largest absolute Gasteiger partial charge is 0.344 e. The zero-order valence-electron chi connectivity index (χ0n) is 6.59. The van der Waals surface area contributed by atoms with E-state index in [1.165, 1.54) is 12.8 Å². The highest BCUT2D eigenvalue weighted by molar-refractivity contribution is 5.47. The van der Waals surface area contributed by atoms with Gasteiger partial charge in [-0.2, -0.15) is 0 Å². The average Bonchev–Trinajstić information content (AvgIpc) is 1.90. The van der Waals surface area contributed by atoms with E-state index in [9.17, 15) is 0 Å². The van der Waals surface area contributed by atoms with E-state index in [1.54, 1.807) is 11.1 Å². The molecule has 3 N–H and O–H groups in total. The first kappa shape index (κ1) is 6.86. The molecule has 1 nitrogen and oxygen atoms in total. The van der Waals surface area contributed by atoms with Gasteiger partial charge >= 0.3 is 0 Å². The number of fused-ring (bicyclic) bond motifs is 4. The minimum absolute atomic E-state index is 0. The molecule has 3 rings (SSSR count). The molecule has 0 radical (unpaired) electrons. The Balaban J connectivity index is 0.000000480. The van der Waals surface area contributed by atoms with Crippen molar-refractivity contribution in [3.8, 4) is 0 Å². The van der Waals surface area contributed by atoms with Crippen LogP contribution < -0.4 is 6.15 Å². The van der Waals surface area contributed by atoms with Crippen LogP contribution in [0.1, 0.15) is 35.8 Å². The third-order valence-electron chi connectivity index (χ3n) is 3.07. The van der Waals surface area contributed by atoms with Crippen molar-refractivity contribution in [3.05, 3.63) is 35.4 Å². The Labute approximate surface area is 67.0 Å². The van der Waals surface area contributed by atoms with Crippen molar-refractivity contribution in [2.45, 2.75) is 24.7 Å². The van der Waals surface area contributed by atoms with Crippen molar-refractivity contribution in [2.75, 3.05) is 0 Å². The van der Waals surface area contributed by atoms with Crippen molar-refractivity contribution in [1.29, 1.82) is 0 Å². The van der Waals surface area contributed by atoms with E-state index < -0.39 is 0 Å². The van der Waals surface area contributed by atoms with Crippen LogP contribution in [0.5, 0.6) is 0 Å². The molecule has 0 spiro atoms. The van der Waals surface area contributed by atoms with Crippen molar-refractivity contribution in [1.82, 2.24) is 6.15 Å². The fraction of sp³-hybridized carbons (Fsp3) is 0.400. The van der Waals surface area contributed by atoms with Crippen LogP contribution in [0.3, 0.4) is 0 Å². The predicted octanol–water partition coefficient (Wildman–Crippen LogP) is 2.82. The van der Waals surface area contributed by atoms with Gasteiger partial charge in [0.1, 0.15) is 0 Å². The first-order chi connectivity index (χ1) is 4.97. The lowest BCUT2D eigenvalue weighted by molar-refractivity contribution is 0.294. The van der Waals surface area contributed by atoms with Gasteiger partial charge in [0.15, 0.2) is 0 Å². The molecule has 0 bridgehead atoms. The lowest BCUT2D eigenvalue weighted by atomic mass is 9.56. The molecule has 2 aliphatic carbocycles. The van der Waals surface area contributed by atoms with Crippen LogP contribution in [0.25, 0.3) is 0 Å². The second kappa shape index (κ2) is 2.08. The van der Waals surface area contributed by atoms with E-state index in [0.29, 0.717) is 0 Å². The molecule has 11 heavy (non-hydrogen) atoms. The quantitative estimate of drug-likeness (QED) is 0.601. The van der Waals surface area contributed by atoms with Gasteiger partial charge in [0, 0.05) is 0 Å². The predicted molar refractivity (Wildman–Crippen MR) is 46.2 cm³/mol. The average molecular weight is 147 g/mol. The Morgan fingerprint density at radius 3 is 1.73 bits per heavy atom. The van der Waals surface area contributed by atoms with Crippen molar-refractivity contribution < 1.29 is 0 Å². The maximum atomic E-state index is 2.29. The summed E-state index contributed by atoms with van der Waals surface area (Å²) in [5, 5.41) is 0. The monoisotopic (exact) mass is 147 g/mol. The van der Waals surface area contributed by atoms with E-state index in [2.05, 4.69) is 24.3 Å². The van der Waals surface area contributed by atoms with Crippen molar-refractivity contribution in [2.24, 2.45) is 0 Å². The van der Waals surface area contributed by atoms with Crippen LogP contribution in [0, 0.1) is 0 Å². The number of hydrogen-bond donors (Lipinski definition) is 1. The van der Waals surface area contributed by atoms with E-state index >= 15 is 0 Å². The summed E-state index contributed by atoms with van der Waals surface area (Å²) in [5.41, 5.74) is 3.28. The number of hydrogen-bond acceptors (Lipinski definition) is 1. The molecular weight excluding hydrogens is 134 g/mol. The maximum Gasteiger partial charge on any atom is -0.00899 e. The summed E-state index contributed by atoms with van der Waals surface area (Å²) in [4.78, 5) is 0. The summed E-state index contributed by atoms with van der Waals surface area (Å²) in [5.74, 6) is 1.94. The first-order valence-corrected chi connectivity index (χ1v) is 4.05. The molecule has 0 aromatic heterocycles. The fourth-order valence-corrected chi connectivity index (χ4v) is 2.33. The smallest absolute Gasteiger partial charge is 0.00899 e. The zero-order chi connectivity index (χ0) is 6.55. The highest BCUT2D eigenvalue weighted by Crippen LogP contribution is 2.59. The zero-order valence-corrected chi connectivity index (χ0v) is 6.59. The van der Waals surface area contributed by atoms with Crippen LogP contribution in [0.4, 0.5) is 0 Å². The molecule has 2 atom stereocenters. The van der Waals surface area contributed by atoms with Crippen molar-refractivity contribution in [3.63, 3.8) is 0 Å². The van der Waals surface area contributed by atoms with E-state index in [-0.39, 0.29) is 6.15 Å². The molecule has 0 amide bonds. The molecule has 1 fully saturated rings. The topological polar surface area (TPSA) is 35.0 Å². The fourth-order valence-electron chi connectivity index (χ4n) is 2.33. The van der Waals surface area contributed by atoms with Gasteiger partial charge in [-0.05, 0) is 35.8 Å². The SMILES string of the molecule is N.c1ccc2c(c1)C1CC[C@H]21. The molecule has 1 unspecified atom stereocenters. The van der Waals surface area contributed by atoms with Crippen LogP contribution in [0.2, 0.25) is 0 Å². The van der Waals surface area contributed by atoms with Gasteiger partial charge in [0.25, 0.3) is 0 Å². The van der Waals surface area contributed by atoms with E-state index in [4.69, 9.17) is 0 Å². The minimum Gasteiger partial charge on any atom is -0.344 e. The van der Waals surface area contributed by atoms with Gasteiger partial charge in [0.2, 0.25) is 0 Å². The third-order valence-corrected chi connectivity index (χ3v) is 3.07. The Morgan fingerprint density at radius 1 is 0.909 bits per heavy atom. The molecule has 0 heterocycles. The normalized spacial score (nSPS) is 30.2. The van der Waals surface area contributed by atoms with E-state index in [0.717, 1.165) is 11.8 Å². The lowest BCUT2D eigenvalue weighted by Gasteiger charge is -2.48. The Bertz CT molecular complexity index is 251. The summed E-state index contributed by atoms with van der Waals surface area (Å²) in [6, 6.07) is 8.89. The molecule has 0 aliphatic heterocycles. The van der Waals surface area contributed by atoms with Crippen molar-refractivity contribution >= 4 is 0 Å². The molecule has 1 saturated carbocycles. The summed E-state index contributed by atoms with van der Waals surface area (Å²) in [6.45, 7) is 0. The Morgan fingerprint density at radius 2 is 1.36 bits per heavy atom. The summed E-state index contributed by atoms with van der Waals surface area (Å²) < 4.78 is 0. The van der Waals surface area contributed by atoms with Crippen LogP contribution >= 0.6 is 0 Å². The Kier molecular flexibility index (Phi) is 1.30. The maximum absolute atomic E-state index is 2.29. The summed E-state index contributed by atoms with van der Waals surface area (Å²) in [7, 11) is 0. The highest BCUT2D eigenvalue weighted by atomic mass is 14.5. The first-order valence-electron chi connectivity index (χ1n) is 4.05. The molecule has 2 aliphatic rings. The van der Waals surface area contributed by atoms with Crippen LogP contribution in [-0.2, 0) is 0 Å². The van der Waals surface area contributed by atoms with Gasteiger partial charge < -0.3 is 6.15 Å². The molecule has 1 heteroatoms. The Hall–Kier alpha value is -0.820. The third kappa shape index (κ3) is 0.641. The highest BCUT2D eigenvalue weighted by Gasteiger charge is 2.43. The standard InChI is InChI=1S/C10H10.H3N/c1-2-4-8-7(3-1)9-5-6-10(8)9;/h1-4,9-10H,5-6H2;1H3/t9-,10?;/m1./s1. The van der Waals surface area contributed by atoms with Gasteiger partial charge in [-0.1, -0.05) is 24.3 Å². The van der Waals surface area contributed by atoms with Gasteiger partial charge in [-0.25, -0.2) is 0 Å². The number of rotatable bonds is 0. The molecule has 0 saturated heterocycles. The molecule has 58 valence electrons. The summed E-state index contributed by atoms with van der Waals surface area (Å²) in [6.07, 6.45) is 2.89. The van der Waals surface area contributed by atoms with Gasteiger partial charge in [-0.3, -0.25) is 0 Å². The minimum atomic E-state index is 0. The van der Waals surface area contributed by atoms with Gasteiger partial charge in [-0.15, -0.1) is 0 Å². The van der Waals surface area contributed by atoms with Crippen LogP contribution in [-0.4, -0.2) is 0 Å². The van der Waals surface area contributed by atoms with Crippen LogP contribution in [0.15, 0.2) is 24.3 Å². The number of benzene rings is 1. The second-order valence-electron chi connectivity index (χ2n) is 3.42. The lowest BCUT2D eigenvalue weighted by Crippen LogP contribution is -2.32. The summed E-state index contributed by atoms with van der Waals surface area (Å²) >= 11 is 0. The van der Waals surface area contributed by atoms with E-state index in [1.807, 2.05) is 0 Å². The molecule has 1 aromatic carbocycles.